The van der Waals surface area contributed by atoms with Crippen LogP contribution in [0, 0.1) is 0 Å². The highest BCUT2D eigenvalue weighted by molar-refractivity contribution is 7.33. The number of para-hydroxylation sites is 1. The molecule has 0 radical (unpaired) electrons. The van der Waals surface area contributed by atoms with E-state index in [0.29, 0.717) is 12.4 Å². The molecule has 1 aromatic carbocycles. The van der Waals surface area contributed by atoms with E-state index in [4.69, 9.17) is 9.05 Å². The predicted octanol–water partition coefficient (Wildman–Crippen LogP) is 4.05. The summed E-state index contributed by atoms with van der Waals surface area (Å²) in [6, 6.07) is 9.10. The Kier molecular flexibility index (Phi) is 6.95. The zero-order valence-electron chi connectivity index (χ0n) is 9.65. The Labute approximate surface area is 97.7 Å². The quantitative estimate of drug-likeness (QED) is 0.509. The SMILES string of the molecule is CCCCCCO[PH](=O)Oc1ccccc1. The lowest BCUT2D eigenvalue weighted by Crippen LogP contribution is -1.90. The molecule has 0 N–H and O–H groups in total. The molecule has 0 aliphatic carbocycles. The van der Waals surface area contributed by atoms with E-state index in [1.54, 1.807) is 12.1 Å². The number of hydrogen-bond donors (Lipinski definition) is 0. The number of benzene rings is 1. The van der Waals surface area contributed by atoms with Crippen molar-refractivity contribution in [2.24, 2.45) is 0 Å². The van der Waals surface area contributed by atoms with Crippen LogP contribution in [-0.2, 0) is 9.09 Å². The van der Waals surface area contributed by atoms with Crippen LogP contribution < -0.4 is 4.52 Å². The molecule has 0 amide bonds. The summed E-state index contributed by atoms with van der Waals surface area (Å²) in [5.41, 5.74) is 0. The first-order valence-corrected chi connectivity index (χ1v) is 6.95. The molecule has 0 bridgehead atoms. The first-order valence-electron chi connectivity index (χ1n) is 5.72. The topological polar surface area (TPSA) is 35.5 Å². The van der Waals surface area contributed by atoms with E-state index in [0.717, 1.165) is 12.8 Å². The second kappa shape index (κ2) is 8.37. The molecular formula is C12H19O3P. The number of unbranched alkanes of at least 4 members (excludes halogenated alkanes) is 3. The van der Waals surface area contributed by atoms with Crippen LogP contribution in [0.5, 0.6) is 5.75 Å². The minimum Gasteiger partial charge on any atom is -0.426 e. The van der Waals surface area contributed by atoms with E-state index < -0.39 is 8.25 Å². The van der Waals surface area contributed by atoms with Gasteiger partial charge in [0.1, 0.15) is 5.75 Å². The van der Waals surface area contributed by atoms with E-state index in [9.17, 15) is 4.57 Å². The molecule has 0 aliphatic rings. The normalized spacial score (nSPS) is 12.3. The summed E-state index contributed by atoms with van der Waals surface area (Å²) in [7, 11) is -2.38. The van der Waals surface area contributed by atoms with Crippen LogP contribution in [-0.4, -0.2) is 6.61 Å². The van der Waals surface area contributed by atoms with Crippen LogP contribution in [0.25, 0.3) is 0 Å². The van der Waals surface area contributed by atoms with E-state index in [2.05, 4.69) is 6.92 Å². The highest BCUT2D eigenvalue weighted by Crippen LogP contribution is 2.27. The van der Waals surface area contributed by atoms with Gasteiger partial charge in [-0.25, -0.2) is 4.57 Å². The van der Waals surface area contributed by atoms with Crippen molar-refractivity contribution in [2.45, 2.75) is 32.6 Å². The minimum atomic E-state index is -2.38. The van der Waals surface area contributed by atoms with Gasteiger partial charge in [0.15, 0.2) is 0 Å². The van der Waals surface area contributed by atoms with Gasteiger partial charge < -0.3 is 9.05 Å². The van der Waals surface area contributed by atoms with Crippen molar-refractivity contribution in [1.29, 1.82) is 0 Å². The molecule has 16 heavy (non-hydrogen) atoms. The summed E-state index contributed by atoms with van der Waals surface area (Å²) in [6.45, 7) is 2.67. The maximum Gasteiger partial charge on any atom is 0.367 e. The monoisotopic (exact) mass is 242 g/mol. The maximum atomic E-state index is 11.4. The average molecular weight is 242 g/mol. The van der Waals surface area contributed by atoms with E-state index in [1.807, 2.05) is 18.2 Å². The standard InChI is InChI=1S/C12H19O3P/c1-2-3-4-8-11-14-16(13)15-12-9-6-5-7-10-12/h5-7,9-10,16H,2-4,8,11H2,1H3. The van der Waals surface area contributed by atoms with Gasteiger partial charge in [-0.1, -0.05) is 44.4 Å². The van der Waals surface area contributed by atoms with Gasteiger partial charge in [0, 0.05) is 0 Å². The molecule has 1 atom stereocenters. The van der Waals surface area contributed by atoms with Crippen LogP contribution >= 0.6 is 8.25 Å². The Morgan fingerprint density at radius 1 is 1.12 bits per heavy atom. The fraction of sp³-hybridized carbons (Fsp3) is 0.500. The van der Waals surface area contributed by atoms with Crippen molar-refractivity contribution >= 4 is 8.25 Å². The zero-order chi connectivity index (χ0) is 11.6. The Morgan fingerprint density at radius 3 is 2.56 bits per heavy atom. The summed E-state index contributed by atoms with van der Waals surface area (Å²) in [6.07, 6.45) is 4.46. The van der Waals surface area contributed by atoms with Crippen LogP contribution in [0.3, 0.4) is 0 Å². The third-order valence-electron chi connectivity index (χ3n) is 2.16. The fourth-order valence-electron chi connectivity index (χ4n) is 1.30. The molecule has 0 heterocycles. The predicted molar refractivity (Wildman–Crippen MR) is 66.2 cm³/mol. The number of hydrogen-bond acceptors (Lipinski definition) is 3. The first kappa shape index (κ1) is 13.3. The smallest absolute Gasteiger partial charge is 0.367 e. The molecule has 0 saturated carbocycles. The van der Waals surface area contributed by atoms with Crippen molar-refractivity contribution in [2.75, 3.05) is 6.61 Å². The van der Waals surface area contributed by atoms with Crippen molar-refractivity contribution in [3.05, 3.63) is 30.3 Å². The van der Waals surface area contributed by atoms with E-state index in [-0.39, 0.29) is 0 Å². The maximum absolute atomic E-state index is 11.4. The summed E-state index contributed by atoms with van der Waals surface area (Å²) in [4.78, 5) is 0. The second-order valence-electron chi connectivity index (χ2n) is 3.57. The van der Waals surface area contributed by atoms with Crippen molar-refractivity contribution in [3.8, 4) is 5.75 Å². The highest BCUT2D eigenvalue weighted by atomic mass is 31.1. The van der Waals surface area contributed by atoms with Gasteiger partial charge >= 0.3 is 8.25 Å². The summed E-state index contributed by atoms with van der Waals surface area (Å²) < 4.78 is 21.6. The molecule has 1 rings (SSSR count). The Balaban J connectivity index is 2.12. The molecule has 0 fully saturated rings. The van der Waals surface area contributed by atoms with Crippen molar-refractivity contribution in [1.82, 2.24) is 0 Å². The molecule has 4 heteroatoms. The van der Waals surface area contributed by atoms with Crippen LogP contribution in [0.4, 0.5) is 0 Å². The van der Waals surface area contributed by atoms with Crippen LogP contribution in [0.15, 0.2) is 30.3 Å². The molecule has 0 saturated heterocycles. The van der Waals surface area contributed by atoms with Gasteiger partial charge in [-0.3, -0.25) is 0 Å². The summed E-state index contributed by atoms with van der Waals surface area (Å²) in [5.74, 6) is 0.597. The second-order valence-corrected chi connectivity index (χ2v) is 4.57. The molecular weight excluding hydrogens is 223 g/mol. The third kappa shape index (κ3) is 5.94. The summed E-state index contributed by atoms with van der Waals surface area (Å²) in [5, 5.41) is 0. The lowest BCUT2D eigenvalue weighted by Gasteiger charge is -2.06. The Bertz CT molecular complexity index is 300. The van der Waals surface area contributed by atoms with Gasteiger partial charge in [0.25, 0.3) is 0 Å². The first-order chi connectivity index (χ1) is 7.83. The molecule has 3 nitrogen and oxygen atoms in total. The van der Waals surface area contributed by atoms with E-state index in [1.165, 1.54) is 12.8 Å². The van der Waals surface area contributed by atoms with Gasteiger partial charge in [-0.05, 0) is 18.6 Å². The highest BCUT2D eigenvalue weighted by Gasteiger charge is 2.00. The molecule has 90 valence electrons. The van der Waals surface area contributed by atoms with Crippen molar-refractivity contribution < 1.29 is 13.6 Å². The average Bonchev–Trinajstić information content (AvgIpc) is 2.30. The van der Waals surface area contributed by atoms with Gasteiger partial charge in [0.05, 0.1) is 6.61 Å². The molecule has 1 aromatic rings. The summed E-state index contributed by atoms with van der Waals surface area (Å²) >= 11 is 0. The lowest BCUT2D eigenvalue weighted by atomic mass is 10.2. The molecule has 0 aromatic heterocycles. The Morgan fingerprint density at radius 2 is 1.88 bits per heavy atom. The Hall–Kier alpha value is -0.790. The van der Waals surface area contributed by atoms with Gasteiger partial charge in [-0.2, -0.15) is 0 Å². The van der Waals surface area contributed by atoms with Crippen molar-refractivity contribution in [3.63, 3.8) is 0 Å². The largest absolute Gasteiger partial charge is 0.426 e. The lowest BCUT2D eigenvalue weighted by molar-refractivity contribution is 0.278. The third-order valence-corrected chi connectivity index (χ3v) is 3.00. The fourth-order valence-corrected chi connectivity index (χ4v) is 2.00. The van der Waals surface area contributed by atoms with Gasteiger partial charge in [0.2, 0.25) is 0 Å². The van der Waals surface area contributed by atoms with E-state index >= 15 is 0 Å². The number of rotatable bonds is 8. The van der Waals surface area contributed by atoms with Crippen LogP contribution in [0.2, 0.25) is 0 Å². The zero-order valence-corrected chi connectivity index (χ0v) is 10.6. The minimum absolute atomic E-state index is 0.518. The van der Waals surface area contributed by atoms with Gasteiger partial charge in [-0.15, -0.1) is 0 Å². The molecule has 0 spiro atoms. The molecule has 0 aliphatic heterocycles. The molecule has 1 unspecified atom stereocenters. The van der Waals surface area contributed by atoms with Crippen LogP contribution in [0.1, 0.15) is 32.6 Å².